The molecule has 0 aliphatic heterocycles. The Morgan fingerprint density at radius 1 is 1.00 bits per heavy atom. The fourth-order valence-corrected chi connectivity index (χ4v) is 1.86. The second-order valence-electron chi connectivity index (χ2n) is 7.20. The molecule has 3 N–H and O–H groups in total. The highest BCUT2D eigenvalue weighted by atomic mass is 16.5. The van der Waals surface area contributed by atoms with E-state index in [-0.39, 0.29) is 35.8 Å². The largest absolute Gasteiger partial charge is 0.395 e. The van der Waals surface area contributed by atoms with Crippen molar-refractivity contribution >= 4 is 11.8 Å². The number of amides is 2. The van der Waals surface area contributed by atoms with Crippen LogP contribution < -0.4 is 10.6 Å². The van der Waals surface area contributed by atoms with E-state index in [1.807, 2.05) is 34.6 Å². The summed E-state index contributed by atoms with van der Waals surface area (Å²) in [6, 6.07) is 0. The first-order valence-corrected chi connectivity index (χ1v) is 7.84. The van der Waals surface area contributed by atoms with Gasteiger partial charge in [0.1, 0.15) is 0 Å². The van der Waals surface area contributed by atoms with E-state index in [2.05, 4.69) is 10.6 Å². The Hall–Kier alpha value is -1.14. The molecule has 2 amide bonds. The normalized spacial score (nSPS) is 12.1. The van der Waals surface area contributed by atoms with Gasteiger partial charge in [0.2, 0.25) is 11.8 Å². The molecule has 0 spiro atoms. The molecule has 0 atom stereocenters. The molecular formula is C16H32N2O4. The van der Waals surface area contributed by atoms with Crippen molar-refractivity contribution in [1.82, 2.24) is 10.6 Å². The van der Waals surface area contributed by atoms with Gasteiger partial charge in [0, 0.05) is 31.3 Å². The molecule has 0 bridgehead atoms. The number of hydrogen-bond donors (Lipinski definition) is 3. The quantitative estimate of drug-likeness (QED) is 0.532. The van der Waals surface area contributed by atoms with E-state index in [0.717, 1.165) is 0 Å². The van der Waals surface area contributed by atoms with Crippen LogP contribution in [0.15, 0.2) is 0 Å². The van der Waals surface area contributed by atoms with Crippen molar-refractivity contribution in [3.8, 4) is 0 Å². The highest BCUT2D eigenvalue weighted by Gasteiger charge is 2.25. The Morgan fingerprint density at radius 2 is 1.59 bits per heavy atom. The minimum atomic E-state index is -0.276. The SMILES string of the molecule is CCC(=O)NCC(C)(C)COCC(C)(C)CC(=O)NCCO. The van der Waals surface area contributed by atoms with Gasteiger partial charge in [-0.2, -0.15) is 0 Å². The molecule has 0 aromatic heterocycles. The number of rotatable bonds is 11. The summed E-state index contributed by atoms with van der Waals surface area (Å²) in [5.74, 6) is -0.0499. The van der Waals surface area contributed by atoms with Crippen molar-refractivity contribution in [3.63, 3.8) is 0 Å². The van der Waals surface area contributed by atoms with E-state index in [0.29, 0.717) is 32.6 Å². The number of carbonyl (C=O) groups excluding carboxylic acids is 2. The lowest BCUT2D eigenvalue weighted by atomic mass is 9.89. The summed E-state index contributed by atoms with van der Waals surface area (Å²) in [5.41, 5.74) is -0.428. The molecule has 0 aliphatic rings. The van der Waals surface area contributed by atoms with Crippen molar-refractivity contribution < 1.29 is 19.4 Å². The summed E-state index contributed by atoms with van der Waals surface area (Å²) in [7, 11) is 0. The topological polar surface area (TPSA) is 87.7 Å². The summed E-state index contributed by atoms with van der Waals surface area (Å²) >= 11 is 0. The number of carbonyl (C=O) groups is 2. The average molecular weight is 316 g/mol. The second-order valence-corrected chi connectivity index (χ2v) is 7.20. The van der Waals surface area contributed by atoms with E-state index < -0.39 is 0 Å². The molecule has 6 heteroatoms. The van der Waals surface area contributed by atoms with Gasteiger partial charge in [0.05, 0.1) is 19.8 Å². The molecule has 0 aromatic rings. The molecule has 0 unspecified atom stereocenters. The number of aliphatic hydroxyl groups is 1. The maximum Gasteiger partial charge on any atom is 0.220 e. The van der Waals surface area contributed by atoms with Crippen LogP contribution in [0, 0.1) is 10.8 Å². The van der Waals surface area contributed by atoms with E-state index in [4.69, 9.17) is 9.84 Å². The zero-order chi connectivity index (χ0) is 17.2. The van der Waals surface area contributed by atoms with Crippen molar-refractivity contribution in [2.75, 3.05) is 32.9 Å². The summed E-state index contributed by atoms with van der Waals surface area (Å²) in [4.78, 5) is 22.9. The molecular weight excluding hydrogens is 284 g/mol. The van der Waals surface area contributed by atoms with Gasteiger partial charge in [-0.1, -0.05) is 34.6 Å². The monoisotopic (exact) mass is 316 g/mol. The number of ether oxygens (including phenoxy) is 1. The molecule has 0 rings (SSSR count). The van der Waals surface area contributed by atoms with Gasteiger partial charge in [-0.25, -0.2) is 0 Å². The van der Waals surface area contributed by atoms with Gasteiger partial charge in [-0.05, 0) is 5.41 Å². The Bertz CT molecular complexity index is 354. The molecule has 0 saturated heterocycles. The van der Waals surface area contributed by atoms with E-state index in [1.165, 1.54) is 0 Å². The standard InChI is InChI=1S/C16H32N2O4/c1-6-13(20)18-10-16(4,5)12-22-11-15(2,3)9-14(21)17-7-8-19/h19H,6-12H2,1-5H3,(H,17,21)(H,18,20). The smallest absolute Gasteiger partial charge is 0.220 e. The number of nitrogens with one attached hydrogen (secondary N) is 2. The van der Waals surface area contributed by atoms with Crippen LogP contribution >= 0.6 is 0 Å². The molecule has 6 nitrogen and oxygen atoms in total. The average Bonchev–Trinajstić information content (AvgIpc) is 2.41. The van der Waals surface area contributed by atoms with Gasteiger partial charge in [-0.3, -0.25) is 9.59 Å². The molecule has 22 heavy (non-hydrogen) atoms. The lowest BCUT2D eigenvalue weighted by Gasteiger charge is -2.29. The number of hydrogen-bond acceptors (Lipinski definition) is 4. The van der Waals surface area contributed by atoms with Crippen LogP contribution in [0.25, 0.3) is 0 Å². The van der Waals surface area contributed by atoms with Crippen LogP contribution in [-0.2, 0) is 14.3 Å². The second kappa shape index (κ2) is 9.79. The van der Waals surface area contributed by atoms with Crippen LogP contribution in [0.1, 0.15) is 47.5 Å². The van der Waals surface area contributed by atoms with E-state index in [1.54, 1.807) is 0 Å². The van der Waals surface area contributed by atoms with Crippen LogP contribution in [0.5, 0.6) is 0 Å². The Balaban J connectivity index is 4.09. The van der Waals surface area contributed by atoms with Gasteiger partial charge in [0.25, 0.3) is 0 Å². The highest BCUT2D eigenvalue weighted by Crippen LogP contribution is 2.22. The Labute approximate surface area is 134 Å². The van der Waals surface area contributed by atoms with Crippen molar-refractivity contribution in [2.24, 2.45) is 10.8 Å². The van der Waals surface area contributed by atoms with Gasteiger partial charge in [0.15, 0.2) is 0 Å². The van der Waals surface area contributed by atoms with E-state index >= 15 is 0 Å². The molecule has 0 radical (unpaired) electrons. The highest BCUT2D eigenvalue weighted by molar-refractivity contribution is 5.76. The van der Waals surface area contributed by atoms with Gasteiger partial charge >= 0.3 is 0 Å². The third kappa shape index (κ3) is 10.6. The molecule has 0 saturated carbocycles. The van der Waals surface area contributed by atoms with Crippen LogP contribution in [0.3, 0.4) is 0 Å². The van der Waals surface area contributed by atoms with Gasteiger partial charge in [-0.15, -0.1) is 0 Å². The lowest BCUT2D eigenvalue weighted by Crippen LogP contribution is -2.38. The first kappa shape index (κ1) is 20.9. The third-order valence-electron chi connectivity index (χ3n) is 3.14. The Morgan fingerprint density at radius 3 is 2.14 bits per heavy atom. The minimum absolute atomic E-state index is 0.0361. The maximum absolute atomic E-state index is 11.7. The van der Waals surface area contributed by atoms with E-state index in [9.17, 15) is 9.59 Å². The van der Waals surface area contributed by atoms with Crippen LogP contribution in [0.4, 0.5) is 0 Å². The molecule has 130 valence electrons. The maximum atomic E-state index is 11.7. The van der Waals surface area contributed by atoms with Crippen molar-refractivity contribution in [2.45, 2.75) is 47.5 Å². The van der Waals surface area contributed by atoms with Crippen LogP contribution in [0.2, 0.25) is 0 Å². The summed E-state index contributed by atoms with van der Waals surface area (Å²) < 4.78 is 5.75. The predicted molar refractivity (Wildman–Crippen MR) is 86.4 cm³/mol. The number of aliphatic hydroxyl groups excluding tert-OH is 1. The van der Waals surface area contributed by atoms with Crippen molar-refractivity contribution in [3.05, 3.63) is 0 Å². The van der Waals surface area contributed by atoms with Crippen LogP contribution in [-0.4, -0.2) is 49.8 Å². The predicted octanol–water partition coefficient (Wildman–Crippen LogP) is 1.08. The zero-order valence-corrected chi connectivity index (χ0v) is 14.6. The summed E-state index contributed by atoms with van der Waals surface area (Å²) in [5, 5.41) is 14.2. The fourth-order valence-electron chi connectivity index (χ4n) is 1.86. The molecule has 0 heterocycles. The molecule has 0 aromatic carbocycles. The molecule has 0 fully saturated rings. The first-order valence-electron chi connectivity index (χ1n) is 7.84. The third-order valence-corrected chi connectivity index (χ3v) is 3.14. The fraction of sp³-hybridized carbons (Fsp3) is 0.875. The zero-order valence-electron chi connectivity index (χ0n) is 14.6. The summed E-state index contributed by atoms with van der Waals surface area (Å²) in [6.45, 7) is 11.6. The Kier molecular flexibility index (Phi) is 9.28. The lowest BCUT2D eigenvalue weighted by molar-refractivity contribution is -0.125. The molecule has 0 aliphatic carbocycles. The first-order chi connectivity index (χ1) is 10.1. The van der Waals surface area contributed by atoms with Gasteiger partial charge < -0.3 is 20.5 Å². The minimum Gasteiger partial charge on any atom is -0.395 e. The summed E-state index contributed by atoms with van der Waals surface area (Å²) in [6.07, 6.45) is 0.826. The van der Waals surface area contributed by atoms with Crippen molar-refractivity contribution in [1.29, 1.82) is 0 Å².